The fourth-order valence-corrected chi connectivity index (χ4v) is 1.94. The second-order valence-corrected chi connectivity index (χ2v) is 4.18. The molecule has 0 radical (unpaired) electrons. The van der Waals surface area contributed by atoms with Crippen LogP contribution in [-0.4, -0.2) is 22.7 Å². The van der Waals surface area contributed by atoms with E-state index in [2.05, 4.69) is 10.4 Å². The highest BCUT2D eigenvalue weighted by molar-refractivity contribution is 6.31. The van der Waals surface area contributed by atoms with Crippen molar-refractivity contribution in [2.24, 2.45) is 5.73 Å². The van der Waals surface area contributed by atoms with Crippen LogP contribution >= 0.6 is 11.6 Å². The first-order chi connectivity index (χ1) is 8.63. The Hall–Kier alpha value is -1.85. The maximum absolute atomic E-state index is 11.0. The minimum absolute atomic E-state index is 0.227. The topological polar surface area (TPSA) is 72.9 Å². The van der Waals surface area contributed by atoms with Crippen molar-refractivity contribution < 1.29 is 4.79 Å². The molecule has 3 N–H and O–H groups in total. The Labute approximate surface area is 110 Å². The molecule has 0 saturated heterocycles. The molecule has 2 aromatic rings. The second-order valence-electron chi connectivity index (χ2n) is 3.78. The zero-order valence-electron chi connectivity index (χ0n) is 9.85. The number of primary amides is 1. The average Bonchev–Trinajstić information content (AvgIpc) is 2.81. The van der Waals surface area contributed by atoms with Crippen LogP contribution in [0.5, 0.6) is 0 Å². The van der Waals surface area contributed by atoms with Gasteiger partial charge in [0.1, 0.15) is 5.69 Å². The fourth-order valence-electron chi connectivity index (χ4n) is 1.70. The van der Waals surface area contributed by atoms with E-state index in [9.17, 15) is 4.79 Å². The number of nitrogens with zero attached hydrogens (tertiary/aromatic N) is 2. The number of hydrogen-bond donors (Lipinski definition) is 2. The van der Waals surface area contributed by atoms with Crippen molar-refractivity contribution in [3.05, 3.63) is 46.7 Å². The molecule has 0 aliphatic rings. The minimum atomic E-state index is -0.550. The molecule has 0 aliphatic heterocycles. The third-order valence-corrected chi connectivity index (χ3v) is 2.89. The van der Waals surface area contributed by atoms with Crippen LogP contribution in [0.15, 0.2) is 30.5 Å². The third kappa shape index (κ3) is 2.37. The zero-order valence-corrected chi connectivity index (χ0v) is 10.6. The van der Waals surface area contributed by atoms with Crippen LogP contribution in [0.25, 0.3) is 5.69 Å². The highest BCUT2D eigenvalue weighted by Gasteiger charge is 2.11. The molecule has 1 aromatic heterocycles. The summed E-state index contributed by atoms with van der Waals surface area (Å²) in [5, 5.41) is 7.82. The van der Waals surface area contributed by atoms with Crippen molar-refractivity contribution in [2.75, 3.05) is 7.05 Å². The van der Waals surface area contributed by atoms with Crippen molar-refractivity contribution in [1.82, 2.24) is 15.1 Å². The van der Waals surface area contributed by atoms with Gasteiger partial charge in [0.15, 0.2) is 0 Å². The molecule has 0 saturated carbocycles. The lowest BCUT2D eigenvalue weighted by Crippen LogP contribution is -2.13. The maximum Gasteiger partial charge on any atom is 0.269 e. The summed E-state index contributed by atoms with van der Waals surface area (Å²) in [4.78, 5) is 11.0. The quantitative estimate of drug-likeness (QED) is 0.875. The van der Waals surface area contributed by atoms with E-state index < -0.39 is 5.91 Å². The normalized spacial score (nSPS) is 10.6. The summed E-state index contributed by atoms with van der Waals surface area (Å²) in [7, 11) is 1.84. The standard InChI is InChI=1S/C12H13ClN4O/c1-15-7-8-9(13)3-2-4-11(8)17-6-5-10(16-17)12(14)18/h2-6,15H,7H2,1H3,(H2,14,18). The lowest BCUT2D eigenvalue weighted by atomic mass is 10.2. The highest BCUT2D eigenvalue weighted by atomic mass is 35.5. The Kier molecular flexibility index (Phi) is 3.64. The van der Waals surface area contributed by atoms with Gasteiger partial charge >= 0.3 is 0 Å². The first-order valence-electron chi connectivity index (χ1n) is 5.41. The van der Waals surface area contributed by atoms with E-state index in [1.54, 1.807) is 16.9 Å². The van der Waals surface area contributed by atoms with Crippen molar-refractivity contribution in [1.29, 1.82) is 0 Å². The van der Waals surface area contributed by atoms with Gasteiger partial charge in [0.2, 0.25) is 0 Å². The van der Waals surface area contributed by atoms with Crippen molar-refractivity contribution in [3.8, 4) is 5.69 Å². The Bertz CT molecular complexity index is 579. The van der Waals surface area contributed by atoms with Gasteiger partial charge in [0, 0.05) is 23.3 Å². The molecule has 0 aliphatic carbocycles. The van der Waals surface area contributed by atoms with Gasteiger partial charge in [-0.3, -0.25) is 4.79 Å². The molecule has 0 atom stereocenters. The van der Waals surface area contributed by atoms with Crippen LogP contribution in [-0.2, 0) is 6.54 Å². The number of benzene rings is 1. The molecule has 1 amide bonds. The van der Waals surface area contributed by atoms with E-state index in [-0.39, 0.29) is 5.69 Å². The average molecular weight is 265 g/mol. The zero-order chi connectivity index (χ0) is 13.1. The van der Waals surface area contributed by atoms with E-state index in [0.29, 0.717) is 11.6 Å². The molecule has 94 valence electrons. The SMILES string of the molecule is CNCc1c(Cl)cccc1-n1ccc(C(N)=O)n1. The lowest BCUT2D eigenvalue weighted by molar-refractivity contribution is 0.0995. The number of hydrogen-bond acceptors (Lipinski definition) is 3. The van der Waals surface area contributed by atoms with Gasteiger partial charge in [-0.05, 0) is 25.2 Å². The van der Waals surface area contributed by atoms with Crippen molar-refractivity contribution >= 4 is 17.5 Å². The Balaban J connectivity index is 2.49. The summed E-state index contributed by atoms with van der Waals surface area (Å²) in [5.74, 6) is -0.550. The van der Waals surface area contributed by atoms with Crippen LogP contribution in [0.4, 0.5) is 0 Å². The summed E-state index contributed by atoms with van der Waals surface area (Å²) in [6.07, 6.45) is 1.69. The van der Waals surface area contributed by atoms with Crippen molar-refractivity contribution in [3.63, 3.8) is 0 Å². The molecule has 0 bridgehead atoms. The number of rotatable bonds is 4. The van der Waals surface area contributed by atoms with Crippen molar-refractivity contribution in [2.45, 2.75) is 6.54 Å². The second kappa shape index (κ2) is 5.20. The number of nitrogens with two attached hydrogens (primary N) is 1. The summed E-state index contributed by atoms with van der Waals surface area (Å²) in [6, 6.07) is 7.11. The summed E-state index contributed by atoms with van der Waals surface area (Å²) in [6.45, 7) is 0.612. The van der Waals surface area contributed by atoms with Crippen LogP contribution in [0.2, 0.25) is 5.02 Å². The van der Waals surface area contributed by atoms with Crippen LogP contribution < -0.4 is 11.1 Å². The van der Waals surface area contributed by atoms with Crippen LogP contribution in [0.3, 0.4) is 0 Å². The van der Waals surface area contributed by atoms with Crippen LogP contribution in [0.1, 0.15) is 16.1 Å². The Morgan fingerprint density at radius 1 is 1.50 bits per heavy atom. The summed E-state index contributed by atoms with van der Waals surface area (Å²) >= 11 is 6.15. The van der Waals surface area contributed by atoms with Crippen LogP contribution in [0, 0.1) is 0 Å². The summed E-state index contributed by atoms with van der Waals surface area (Å²) < 4.78 is 1.60. The smallest absolute Gasteiger partial charge is 0.269 e. The molecule has 1 aromatic carbocycles. The molecule has 6 heteroatoms. The van der Waals surface area contributed by atoms with E-state index in [0.717, 1.165) is 11.3 Å². The first-order valence-corrected chi connectivity index (χ1v) is 5.79. The van der Waals surface area contributed by atoms with Gasteiger partial charge in [0.25, 0.3) is 5.91 Å². The van der Waals surface area contributed by atoms with Gasteiger partial charge in [-0.1, -0.05) is 17.7 Å². The largest absolute Gasteiger partial charge is 0.364 e. The molecule has 0 fully saturated rings. The Morgan fingerprint density at radius 3 is 2.89 bits per heavy atom. The first kappa shape index (κ1) is 12.6. The van der Waals surface area contributed by atoms with E-state index in [4.69, 9.17) is 17.3 Å². The van der Waals surface area contributed by atoms with E-state index in [1.807, 2.05) is 25.2 Å². The number of aromatic nitrogens is 2. The molecular formula is C12H13ClN4O. The number of nitrogens with one attached hydrogen (secondary N) is 1. The maximum atomic E-state index is 11.0. The minimum Gasteiger partial charge on any atom is -0.364 e. The molecule has 5 nitrogen and oxygen atoms in total. The molecule has 18 heavy (non-hydrogen) atoms. The number of amides is 1. The highest BCUT2D eigenvalue weighted by Crippen LogP contribution is 2.22. The number of halogens is 1. The predicted octanol–water partition coefficient (Wildman–Crippen LogP) is 1.34. The third-order valence-electron chi connectivity index (χ3n) is 2.54. The van der Waals surface area contributed by atoms with E-state index >= 15 is 0 Å². The molecule has 1 heterocycles. The molecule has 0 unspecified atom stereocenters. The number of carbonyl (C=O) groups is 1. The predicted molar refractivity (Wildman–Crippen MR) is 69.9 cm³/mol. The van der Waals surface area contributed by atoms with Gasteiger partial charge in [0.05, 0.1) is 5.69 Å². The molecule has 2 rings (SSSR count). The van der Waals surface area contributed by atoms with Gasteiger partial charge in [-0.15, -0.1) is 0 Å². The lowest BCUT2D eigenvalue weighted by Gasteiger charge is -2.10. The summed E-state index contributed by atoms with van der Waals surface area (Å²) in [5.41, 5.74) is 7.15. The monoisotopic (exact) mass is 264 g/mol. The van der Waals surface area contributed by atoms with Gasteiger partial charge in [-0.25, -0.2) is 4.68 Å². The molecular weight excluding hydrogens is 252 g/mol. The fraction of sp³-hybridized carbons (Fsp3) is 0.167. The van der Waals surface area contributed by atoms with Gasteiger partial charge < -0.3 is 11.1 Å². The van der Waals surface area contributed by atoms with Gasteiger partial charge in [-0.2, -0.15) is 5.10 Å². The molecule has 0 spiro atoms. The Morgan fingerprint density at radius 2 is 2.28 bits per heavy atom. The van der Waals surface area contributed by atoms with E-state index in [1.165, 1.54) is 0 Å². The number of carbonyl (C=O) groups excluding carboxylic acids is 1.